The smallest absolute Gasteiger partial charge is 0.329 e. The first-order valence-corrected chi connectivity index (χ1v) is 10.5. The van der Waals surface area contributed by atoms with Crippen molar-refractivity contribution in [3.8, 4) is 0 Å². The molecule has 3 rings (SSSR count). The van der Waals surface area contributed by atoms with Crippen LogP contribution >= 0.6 is 0 Å². The van der Waals surface area contributed by atoms with E-state index in [0.717, 1.165) is 18.7 Å². The number of benzene rings is 1. The van der Waals surface area contributed by atoms with Crippen LogP contribution in [0.2, 0.25) is 0 Å². The highest BCUT2D eigenvalue weighted by atomic mass is 35.5. The van der Waals surface area contributed by atoms with Crippen molar-refractivity contribution < 1.29 is 36.8 Å². The number of H-pyrrole nitrogens is 1. The van der Waals surface area contributed by atoms with Gasteiger partial charge in [-0.05, 0) is 26.3 Å². The van der Waals surface area contributed by atoms with E-state index in [1.165, 1.54) is 6.33 Å². The molecule has 1 atom stereocenters. The Balaban J connectivity index is 0.00000363. The number of amides is 2. The maximum absolute atomic E-state index is 13.0. The molecule has 32 heavy (non-hydrogen) atoms. The summed E-state index contributed by atoms with van der Waals surface area (Å²) in [5.41, 5.74) is 0.278. The number of imidazole rings is 1. The van der Waals surface area contributed by atoms with Crippen LogP contribution < -0.4 is 23.0 Å². The number of esters is 1. The SMILES string of the molecule is CC(C)(C)OC(=O)C(Cc1ccccc1)NC(=O)c1nc[nH]c1C(=O)N1CC[NH2+]CC1.[Cl-]. The molecule has 0 spiro atoms. The van der Waals surface area contributed by atoms with Gasteiger partial charge in [-0.2, -0.15) is 0 Å². The molecule has 1 aromatic heterocycles. The average Bonchev–Trinajstić information content (AvgIpc) is 3.23. The normalized spacial score (nSPS) is 14.8. The zero-order chi connectivity index (χ0) is 22.4. The van der Waals surface area contributed by atoms with E-state index < -0.39 is 23.5 Å². The van der Waals surface area contributed by atoms with Gasteiger partial charge in [0.05, 0.1) is 32.5 Å². The van der Waals surface area contributed by atoms with Crippen molar-refractivity contribution >= 4 is 17.8 Å². The highest BCUT2D eigenvalue weighted by Crippen LogP contribution is 2.13. The highest BCUT2D eigenvalue weighted by Gasteiger charge is 2.31. The van der Waals surface area contributed by atoms with E-state index >= 15 is 0 Å². The molecule has 0 saturated carbocycles. The van der Waals surface area contributed by atoms with Gasteiger partial charge in [0, 0.05) is 6.42 Å². The van der Waals surface area contributed by atoms with E-state index in [4.69, 9.17) is 4.74 Å². The number of halogens is 1. The Kier molecular flexibility index (Phi) is 8.80. The molecule has 1 aliphatic rings. The van der Waals surface area contributed by atoms with Gasteiger partial charge in [-0.15, -0.1) is 0 Å². The molecule has 0 aliphatic carbocycles. The molecule has 2 aromatic rings. The van der Waals surface area contributed by atoms with Crippen LogP contribution in [-0.2, 0) is 16.0 Å². The molecule has 174 valence electrons. The Bertz CT molecular complexity index is 920. The summed E-state index contributed by atoms with van der Waals surface area (Å²) < 4.78 is 5.50. The third-order valence-corrected chi connectivity index (χ3v) is 4.84. The molecule has 0 radical (unpaired) electrons. The van der Waals surface area contributed by atoms with Crippen LogP contribution in [0.15, 0.2) is 36.7 Å². The Hall–Kier alpha value is -2.91. The summed E-state index contributed by atoms with van der Waals surface area (Å²) in [6.45, 7) is 8.16. The van der Waals surface area contributed by atoms with E-state index in [-0.39, 0.29) is 36.1 Å². The molecule has 1 aliphatic heterocycles. The number of nitrogens with zero attached hydrogens (tertiary/aromatic N) is 2. The maximum Gasteiger partial charge on any atom is 0.329 e. The first-order valence-electron chi connectivity index (χ1n) is 10.5. The second-order valence-corrected chi connectivity index (χ2v) is 8.53. The monoisotopic (exact) mass is 463 g/mol. The Labute approximate surface area is 193 Å². The van der Waals surface area contributed by atoms with Crippen LogP contribution in [0.25, 0.3) is 0 Å². The maximum atomic E-state index is 13.0. The number of ether oxygens (including phenoxy) is 1. The first-order chi connectivity index (χ1) is 14.7. The van der Waals surface area contributed by atoms with Crippen molar-refractivity contribution in [3.63, 3.8) is 0 Å². The van der Waals surface area contributed by atoms with Gasteiger partial charge in [-0.1, -0.05) is 30.3 Å². The van der Waals surface area contributed by atoms with Crippen LogP contribution in [0.4, 0.5) is 0 Å². The van der Waals surface area contributed by atoms with Gasteiger partial charge in [0.15, 0.2) is 5.69 Å². The molecular formula is C22H30ClN5O4. The second kappa shape index (κ2) is 11.1. The van der Waals surface area contributed by atoms with Crippen molar-refractivity contribution in [2.45, 2.75) is 38.8 Å². The number of hydrogen-bond donors (Lipinski definition) is 3. The molecule has 2 heterocycles. The summed E-state index contributed by atoms with van der Waals surface area (Å²) in [5.74, 6) is -1.41. The molecule has 1 unspecified atom stereocenters. The number of aromatic amines is 1. The van der Waals surface area contributed by atoms with Gasteiger partial charge in [0.2, 0.25) is 0 Å². The number of piperazine rings is 1. The number of carbonyl (C=O) groups excluding carboxylic acids is 3. The first kappa shape index (κ1) is 25.4. The van der Waals surface area contributed by atoms with Gasteiger partial charge in [0.1, 0.15) is 17.3 Å². The number of quaternary nitrogens is 1. The Morgan fingerprint density at radius 1 is 1.19 bits per heavy atom. The van der Waals surface area contributed by atoms with E-state index in [0.29, 0.717) is 13.1 Å². The minimum Gasteiger partial charge on any atom is -1.00 e. The Morgan fingerprint density at radius 3 is 2.47 bits per heavy atom. The van der Waals surface area contributed by atoms with Crippen molar-refractivity contribution in [2.75, 3.05) is 26.2 Å². The van der Waals surface area contributed by atoms with Gasteiger partial charge >= 0.3 is 5.97 Å². The van der Waals surface area contributed by atoms with Crippen molar-refractivity contribution in [1.82, 2.24) is 20.2 Å². The molecular weight excluding hydrogens is 434 g/mol. The minimum absolute atomic E-state index is 0. The summed E-state index contributed by atoms with van der Waals surface area (Å²) in [4.78, 5) is 47.2. The fourth-order valence-electron chi connectivity index (χ4n) is 3.38. The van der Waals surface area contributed by atoms with Gasteiger partial charge in [-0.25, -0.2) is 9.78 Å². The standard InChI is InChI=1S/C22H29N5O4.ClH/c1-22(2,3)31-21(30)16(13-15-7-5-4-6-8-15)26-19(28)17-18(25-14-24-17)20(29)27-11-9-23-10-12-27;/h4-8,14,16,23H,9-13H2,1-3H3,(H,24,25)(H,26,28);1H. The number of nitrogens with two attached hydrogens (primary N) is 1. The van der Waals surface area contributed by atoms with Gasteiger partial charge in [0.25, 0.3) is 11.8 Å². The summed E-state index contributed by atoms with van der Waals surface area (Å²) in [6.07, 6.45) is 1.58. The lowest BCUT2D eigenvalue weighted by atomic mass is 10.1. The van der Waals surface area contributed by atoms with Crippen LogP contribution in [0, 0.1) is 0 Å². The average molecular weight is 464 g/mol. The molecule has 9 nitrogen and oxygen atoms in total. The fourth-order valence-corrected chi connectivity index (χ4v) is 3.38. The van der Waals surface area contributed by atoms with Crippen LogP contribution in [0.3, 0.4) is 0 Å². The van der Waals surface area contributed by atoms with E-state index in [9.17, 15) is 14.4 Å². The van der Waals surface area contributed by atoms with Crippen LogP contribution in [0.5, 0.6) is 0 Å². The lowest BCUT2D eigenvalue weighted by Gasteiger charge is -2.25. The summed E-state index contributed by atoms with van der Waals surface area (Å²) >= 11 is 0. The quantitative estimate of drug-likeness (QED) is 0.397. The zero-order valence-corrected chi connectivity index (χ0v) is 19.3. The number of hydrogen-bond acceptors (Lipinski definition) is 5. The zero-order valence-electron chi connectivity index (χ0n) is 18.6. The lowest BCUT2D eigenvalue weighted by Crippen LogP contribution is -3.00. The summed E-state index contributed by atoms with van der Waals surface area (Å²) in [5, 5.41) is 4.85. The minimum atomic E-state index is -0.918. The summed E-state index contributed by atoms with van der Waals surface area (Å²) in [6, 6.07) is 8.44. The molecule has 0 bridgehead atoms. The molecule has 1 aromatic carbocycles. The van der Waals surface area contributed by atoms with E-state index in [1.54, 1.807) is 25.7 Å². The third-order valence-electron chi connectivity index (χ3n) is 4.84. The third kappa shape index (κ3) is 6.80. The van der Waals surface area contributed by atoms with Crippen molar-refractivity contribution in [1.29, 1.82) is 0 Å². The fraction of sp³-hybridized carbons (Fsp3) is 0.455. The predicted octanol–water partition coefficient (Wildman–Crippen LogP) is -2.88. The predicted molar refractivity (Wildman–Crippen MR) is 113 cm³/mol. The number of nitrogens with one attached hydrogen (secondary N) is 2. The molecule has 4 N–H and O–H groups in total. The number of rotatable bonds is 6. The largest absolute Gasteiger partial charge is 1.00 e. The van der Waals surface area contributed by atoms with Crippen LogP contribution in [-0.4, -0.2) is 70.5 Å². The lowest BCUT2D eigenvalue weighted by molar-refractivity contribution is -0.661. The highest BCUT2D eigenvalue weighted by molar-refractivity contribution is 6.05. The number of carbonyl (C=O) groups is 3. The van der Waals surface area contributed by atoms with Gasteiger partial charge in [-0.3, -0.25) is 9.59 Å². The number of aromatic nitrogens is 2. The molecule has 1 saturated heterocycles. The second-order valence-electron chi connectivity index (χ2n) is 8.53. The molecule has 1 fully saturated rings. The van der Waals surface area contributed by atoms with Crippen molar-refractivity contribution in [3.05, 3.63) is 53.6 Å². The van der Waals surface area contributed by atoms with E-state index in [1.807, 2.05) is 30.3 Å². The van der Waals surface area contributed by atoms with Crippen LogP contribution in [0.1, 0.15) is 47.3 Å². The van der Waals surface area contributed by atoms with Gasteiger partial charge < -0.3 is 37.7 Å². The van der Waals surface area contributed by atoms with E-state index in [2.05, 4.69) is 20.6 Å². The van der Waals surface area contributed by atoms with Crippen molar-refractivity contribution in [2.24, 2.45) is 0 Å². The Morgan fingerprint density at radius 2 is 1.84 bits per heavy atom. The summed E-state index contributed by atoms with van der Waals surface area (Å²) in [7, 11) is 0. The molecule has 2 amide bonds. The topological polar surface area (TPSA) is 121 Å². The molecule has 10 heteroatoms.